The predicted octanol–water partition coefficient (Wildman–Crippen LogP) is 5.21. The monoisotopic (exact) mass is 350 g/mol. The molecule has 17 heavy (non-hydrogen) atoms. The zero-order valence-corrected chi connectivity index (χ0v) is 12.8. The molecule has 0 saturated carbocycles. The molecular formula is C12H9BrCl2OS. The first kappa shape index (κ1) is 13.4. The van der Waals surface area contributed by atoms with Gasteiger partial charge in [-0.1, -0.05) is 23.2 Å². The number of halogens is 3. The second-order valence-electron chi connectivity index (χ2n) is 3.62. The largest absolute Gasteiger partial charge is 0.383 e. The maximum Gasteiger partial charge on any atom is 0.115 e. The number of aliphatic hydroxyl groups excluding tert-OH is 1. The van der Waals surface area contributed by atoms with Crippen LogP contribution < -0.4 is 0 Å². The Kier molecular flexibility index (Phi) is 4.16. The van der Waals surface area contributed by atoms with E-state index >= 15 is 0 Å². The molecule has 1 nitrogen and oxygen atoms in total. The van der Waals surface area contributed by atoms with Crippen LogP contribution in [0.2, 0.25) is 10.0 Å². The zero-order chi connectivity index (χ0) is 12.6. The maximum absolute atomic E-state index is 10.3. The van der Waals surface area contributed by atoms with Crippen molar-refractivity contribution >= 4 is 50.5 Å². The molecule has 1 N–H and O–H groups in total. The van der Waals surface area contributed by atoms with Crippen LogP contribution in [0.4, 0.5) is 0 Å². The third-order valence-corrected chi connectivity index (χ3v) is 5.17. The highest BCUT2D eigenvalue weighted by molar-refractivity contribution is 9.10. The molecule has 0 amide bonds. The fourth-order valence-electron chi connectivity index (χ4n) is 1.49. The zero-order valence-electron chi connectivity index (χ0n) is 8.88. The minimum Gasteiger partial charge on any atom is -0.383 e. The average Bonchev–Trinajstić information content (AvgIpc) is 2.62. The van der Waals surface area contributed by atoms with Crippen LogP contribution in [0.25, 0.3) is 0 Å². The summed E-state index contributed by atoms with van der Waals surface area (Å²) in [6, 6.07) is 6.99. The van der Waals surface area contributed by atoms with Crippen molar-refractivity contribution in [3.63, 3.8) is 0 Å². The van der Waals surface area contributed by atoms with Crippen molar-refractivity contribution in [1.82, 2.24) is 0 Å². The molecule has 0 spiro atoms. The summed E-state index contributed by atoms with van der Waals surface area (Å²) in [5, 5.41) is 11.4. The molecule has 2 rings (SSSR count). The number of benzene rings is 1. The van der Waals surface area contributed by atoms with E-state index in [1.54, 1.807) is 18.2 Å². The van der Waals surface area contributed by atoms with Crippen LogP contribution in [-0.4, -0.2) is 5.11 Å². The fourth-order valence-corrected chi connectivity index (χ4v) is 3.46. The lowest BCUT2D eigenvalue weighted by atomic mass is 10.1. The van der Waals surface area contributed by atoms with E-state index in [-0.39, 0.29) is 0 Å². The van der Waals surface area contributed by atoms with Gasteiger partial charge < -0.3 is 5.11 Å². The summed E-state index contributed by atoms with van der Waals surface area (Å²) in [7, 11) is 0. The maximum atomic E-state index is 10.3. The van der Waals surface area contributed by atoms with Gasteiger partial charge in [-0.3, -0.25) is 0 Å². The first-order valence-electron chi connectivity index (χ1n) is 4.88. The van der Waals surface area contributed by atoms with Crippen molar-refractivity contribution in [2.24, 2.45) is 0 Å². The normalized spacial score (nSPS) is 12.8. The van der Waals surface area contributed by atoms with Gasteiger partial charge >= 0.3 is 0 Å². The first-order valence-corrected chi connectivity index (χ1v) is 7.24. The molecule has 5 heteroatoms. The Balaban J connectivity index is 2.42. The number of aryl methyl sites for hydroxylation is 1. The summed E-state index contributed by atoms with van der Waals surface area (Å²) >= 11 is 16.9. The number of hydrogen-bond donors (Lipinski definition) is 1. The van der Waals surface area contributed by atoms with Crippen molar-refractivity contribution in [1.29, 1.82) is 0 Å². The summed E-state index contributed by atoms with van der Waals surface area (Å²) in [6.45, 7) is 1.99. The molecule has 1 aromatic heterocycles. The summed E-state index contributed by atoms with van der Waals surface area (Å²) in [5.74, 6) is 0. The second kappa shape index (κ2) is 5.29. The Bertz CT molecular complexity index is 534. The summed E-state index contributed by atoms with van der Waals surface area (Å²) < 4.78 is 0.995. The summed E-state index contributed by atoms with van der Waals surface area (Å²) in [5.41, 5.74) is 0.632. The molecule has 1 atom stereocenters. The van der Waals surface area contributed by atoms with Gasteiger partial charge in [0.25, 0.3) is 0 Å². The molecule has 1 aromatic carbocycles. The predicted molar refractivity (Wildman–Crippen MR) is 77.3 cm³/mol. The molecule has 0 saturated heterocycles. The molecule has 90 valence electrons. The van der Waals surface area contributed by atoms with E-state index in [0.29, 0.717) is 15.6 Å². The van der Waals surface area contributed by atoms with Crippen molar-refractivity contribution in [2.45, 2.75) is 13.0 Å². The topological polar surface area (TPSA) is 20.2 Å². The van der Waals surface area contributed by atoms with Gasteiger partial charge in [0.2, 0.25) is 0 Å². The molecule has 0 radical (unpaired) electrons. The Hall–Kier alpha value is -0.0600. The van der Waals surface area contributed by atoms with Crippen molar-refractivity contribution < 1.29 is 5.11 Å². The second-order valence-corrected chi connectivity index (χ2v) is 6.61. The van der Waals surface area contributed by atoms with Crippen LogP contribution in [0.15, 0.2) is 28.7 Å². The van der Waals surface area contributed by atoms with Crippen molar-refractivity contribution in [3.8, 4) is 0 Å². The first-order chi connectivity index (χ1) is 7.99. The van der Waals surface area contributed by atoms with Crippen LogP contribution in [0.3, 0.4) is 0 Å². The minimum absolute atomic E-state index is 0.518. The van der Waals surface area contributed by atoms with Crippen LogP contribution in [-0.2, 0) is 0 Å². The number of hydrogen-bond acceptors (Lipinski definition) is 2. The highest BCUT2D eigenvalue weighted by atomic mass is 79.9. The molecule has 0 bridgehead atoms. The molecule has 0 fully saturated rings. The lowest BCUT2D eigenvalue weighted by molar-refractivity contribution is 0.224. The van der Waals surface area contributed by atoms with E-state index < -0.39 is 6.10 Å². The van der Waals surface area contributed by atoms with Crippen LogP contribution >= 0.6 is 50.5 Å². The van der Waals surface area contributed by atoms with Gasteiger partial charge in [-0.25, -0.2) is 0 Å². The number of aliphatic hydroxyl groups is 1. The lowest BCUT2D eigenvalue weighted by Crippen LogP contribution is -1.97. The van der Waals surface area contributed by atoms with E-state index in [2.05, 4.69) is 15.9 Å². The quantitative estimate of drug-likeness (QED) is 0.787. The van der Waals surface area contributed by atoms with Crippen LogP contribution in [0.1, 0.15) is 21.4 Å². The SMILES string of the molecule is Cc1sc(C(O)c2cc(Cl)ccc2Cl)cc1Br. The van der Waals surface area contributed by atoms with Gasteiger partial charge in [0.15, 0.2) is 0 Å². The van der Waals surface area contributed by atoms with E-state index in [0.717, 1.165) is 14.2 Å². The van der Waals surface area contributed by atoms with Gasteiger partial charge in [-0.15, -0.1) is 11.3 Å². The summed E-state index contributed by atoms with van der Waals surface area (Å²) in [4.78, 5) is 1.97. The highest BCUT2D eigenvalue weighted by Gasteiger charge is 2.17. The Morgan fingerprint density at radius 2 is 2.00 bits per heavy atom. The molecule has 2 aromatic rings. The molecule has 0 aliphatic rings. The Labute approximate surface area is 122 Å². The average molecular weight is 352 g/mol. The number of rotatable bonds is 2. The Morgan fingerprint density at radius 1 is 1.29 bits per heavy atom. The smallest absolute Gasteiger partial charge is 0.115 e. The lowest BCUT2D eigenvalue weighted by Gasteiger charge is -2.11. The summed E-state index contributed by atoms with van der Waals surface area (Å²) in [6.07, 6.45) is -0.740. The van der Waals surface area contributed by atoms with E-state index in [9.17, 15) is 5.11 Å². The van der Waals surface area contributed by atoms with Gasteiger partial charge in [0.1, 0.15) is 6.10 Å². The van der Waals surface area contributed by atoms with Crippen molar-refractivity contribution in [3.05, 3.63) is 54.1 Å². The van der Waals surface area contributed by atoms with Gasteiger partial charge in [-0.2, -0.15) is 0 Å². The van der Waals surface area contributed by atoms with E-state index in [4.69, 9.17) is 23.2 Å². The van der Waals surface area contributed by atoms with Crippen LogP contribution in [0, 0.1) is 6.92 Å². The third kappa shape index (κ3) is 2.85. The van der Waals surface area contributed by atoms with Gasteiger partial charge in [0, 0.05) is 29.8 Å². The fraction of sp³-hybridized carbons (Fsp3) is 0.167. The molecule has 0 aliphatic heterocycles. The van der Waals surface area contributed by atoms with E-state index in [1.165, 1.54) is 11.3 Å². The van der Waals surface area contributed by atoms with Gasteiger partial charge in [0.05, 0.1) is 0 Å². The minimum atomic E-state index is -0.740. The molecule has 0 aliphatic carbocycles. The van der Waals surface area contributed by atoms with Crippen molar-refractivity contribution in [2.75, 3.05) is 0 Å². The molecule has 1 unspecified atom stereocenters. The van der Waals surface area contributed by atoms with E-state index in [1.807, 2.05) is 13.0 Å². The highest BCUT2D eigenvalue weighted by Crippen LogP contribution is 2.36. The number of thiophene rings is 1. The standard InChI is InChI=1S/C12H9BrCl2OS/c1-6-9(13)5-11(17-6)12(16)8-4-7(14)2-3-10(8)15/h2-5,12,16H,1H3. The third-order valence-electron chi connectivity index (χ3n) is 2.40. The van der Waals surface area contributed by atoms with Crippen LogP contribution in [0.5, 0.6) is 0 Å². The molecule has 1 heterocycles. The molecular weight excluding hydrogens is 343 g/mol. The van der Waals surface area contributed by atoms with Gasteiger partial charge in [-0.05, 0) is 47.1 Å². The Morgan fingerprint density at radius 3 is 2.59 bits per heavy atom.